The Hall–Kier alpha value is -2.14. The molecule has 0 bridgehead atoms. The molecule has 0 spiro atoms. The molecule has 2 aromatic rings. The Morgan fingerprint density at radius 1 is 1.27 bits per heavy atom. The van der Waals surface area contributed by atoms with Crippen molar-refractivity contribution in [1.82, 2.24) is 4.90 Å². The lowest BCUT2D eigenvalue weighted by Gasteiger charge is -2.29. The molecule has 0 fully saturated rings. The zero-order chi connectivity index (χ0) is 15.5. The van der Waals surface area contributed by atoms with Crippen molar-refractivity contribution in [2.45, 2.75) is 26.3 Å². The highest BCUT2D eigenvalue weighted by Crippen LogP contribution is 2.24. The number of amides is 2. The molecule has 2 heterocycles. The van der Waals surface area contributed by atoms with Crippen molar-refractivity contribution in [3.05, 3.63) is 51.7 Å². The summed E-state index contributed by atoms with van der Waals surface area (Å²) in [4.78, 5) is 26.6. The van der Waals surface area contributed by atoms with Crippen LogP contribution < -0.4 is 5.32 Å². The van der Waals surface area contributed by atoms with Crippen molar-refractivity contribution in [2.24, 2.45) is 0 Å². The van der Waals surface area contributed by atoms with E-state index >= 15 is 0 Å². The van der Waals surface area contributed by atoms with Gasteiger partial charge in [-0.15, -0.1) is 11.3 Å². The molecule has 1 N–H and O–H groups in total. The number of benzene rings is 1. The highest BCUT2D eigenvalue weighted by Gasteiger charge is 2.22. The SMILES string of the molecule is CCC(=O)Nc1ccc2c(c1)CN(C(=O)c1cccs1)CC2. The molecular formula is C17H18N2O2S. The molecule has 1 aliphatic heterocycles. The summed E-state index contributed by atoms with van der Waals surface area (Å²) in [5, 5.41) is 4.79. The molecule has 2 amide bonds. The fourth-order valence-corrected chi connectivity index (χ4v) is 3.30. The number of hydrogen-bond donors (Lipinski definition) is 1. The van der Waals surface area contributed by atoms with Crippen molar-refractivity contribution in [3.8, 4) is 0 Å². The van der Waals surface area contributed by atoms with Crippen molar-refractivity contribution in [1.29, 1.82) is 0 Å². The molecule has 0 aliphatic carbocycles. The summed E-state index contributed by atoms with van der Waals surface area (Å²) in [5.41, 5.74) is 3.17. The molecule has 3 rings (SSSR count). The van der Waals surface area contributed by atoms with Crippen LogP contribution in [-0.4, -0.2) is 23.3 Å². The minimum absolute atomic E-state index is 0.00211. The maximum Gasteiger partial charge on any atom is 0.264 e. The number of carbonyl (C=O) groups excluding carboxylic acids is 2. The van der Waals surface area contributed by atoms with Gasteiger partial charge in [0.1, 0.15) is 0 Å². The maximum atomic E-state index is 12.4. The molecule has 5 heteroatoms. The Balaban J connectivity index is 1.77. The van der Waals surface area contributed by atoms with Gasteiger partial charge in [0, 0.05) is 25.2 Å². The van der Waals surface area contributed by atoms with Gasteiger partial charge in [-0.2, -0.15) is 0 Å². The van der Waals surface area contributed by atoms with Crippen LogP contribution in [-0.2, 0) is 17.8 Å². The van der Waals surface area contributed by atoms with Gasteiger partial charge in [0.2, 0.25) is 5.91 Å². The van der Waals surface area contributed by atoms with Crippen LogP contribution >= 0.6 is 11.3 Å². The largest absolute Gasteiger partial charge is 0.333 e. The normalized spacial score (nSPS) is 13.6. The zero-order valence-corrected chi connectivity index (χ0v) is 13.3. The molecule has 4 nitrogen and oxygen atoms in total. The maximum absolute atomic E-state index is 12.4. The second-order valence-corrected chi connectivity index (χ2v) is 6.29. The second kappa shape index (κ2) is 6.32. The molecule has 0 unspecified atom stereocenters. The average molecular weight is 314 g/mol. The first-order valence-corrected chi connectivity index (χ1v) is 8.29. The third kappa shape index (κ3) is 3.04. The Bertz CT molecular complexity index is 695. The van der Waals surface area contributed by atoms with Gasteiger partial charge in [0.05, 0.1) is 4.88 Å². The number of fused-ring (bicyclic) bond motifs is 1. The van der Waals surface area contributed by atoms with Crippen molar-refractivity contribution < 1.29 is 9.59 Å². The lowest BCUT2D eigenvalue weighted by Crippen LogP contribution is -2.35. The van der Waals surface area contributed by atoms with E-state index < -0.39 is 0 Å². The third-order valence-electron chi connectivity index (χ3n) is 3.84. The van der Waals surface area contributed by atoms with Gasteiger partial charge < -0.3 is 10.2 Å². The molecular weight excluding hydrogens is 296 g/mol. The molecule has 1 aromatic heterocycles. The lowest BCUT2D eigenvalue weighted by atomic mass is 9.99. The van der Waals surface area contributed by atoms with Gasteiger partial charge in [0.25, 0.3) is 5.91 Å². The zero-order valence-electron chi connectivity index (χ0n) is 12.5. The van der Waals surface area contributed by atoms with E-state index in [1.54, 1.807) is 0 Å². The smallest absolute Gasteiger partial charge is 0.264 e. The molecule has 114 valence electrons. The Labute approximate surface area is 133 Å². The predicted octanol–water partition coefficient (Wildman–Crippen LogP) is 3.30. The third-order valence-corrected chi connectivity index (χ3v) is 4.70. The first kappa shape index (κ1) is 14.8. The monoisotopic (exact) mass is 314 g/mol. The van der Waals surface area contributed by atoms with E-state index in [0.29, 0.717) is 13.0 Å². The van der Waals surface area contributed by atoms with E-state index in [1.165, 1.54) is 16.9 Å². The van der Waals surface area contributed by atoms with Crippen LogP contribution in [0.2, 0.25) is 0 Å². The van der Waals surface area contributed by atoms with E-state index in [0.717, 1.165) is 29.1 Å². The summed E-state index contributed by atoms with van der Waals surface area (Å²) in [7, 11) is 0. The highest BCUT2D eigenvalue weighted by atomic mass is 32.1. The number of carbonyl (C=O) groups is 2. The van der Waals surface area contributed by atoms with Gasteiger partial charge in [-0.25, -0.2) is 0 Å². The number of nitrogens with one attached hydrogen (secondary N) is 1. The first-order chi connectivity index (χ1) is 10.7. The standard InChI is InChI=1S/C17H18N2O2S/c1-2-16(20)18-14-6-5-12-7-8-19(11-13(12)10-14)17(21)15-4-3-9-22-15/h3-6,9-10H,2,7-8,11H2,1H3,(H,18,20). The molecule has 0 saturated heterocycles. The summed E-state index contributed by atoms with van der Waals surface area (Å²) in [6, 6.07) is 9.72. The molecule has 1 aromatic carbocycles. The van der Waals surface area contributed by atoms with Crippen LogP contribution in [0.15, 0.2) is 35.7 Å². The van der Waals surface area contributed by atoms with Crippen molar-refractivity contribution >= 4 is 28.8 Å². The minimum atomic E-state index is 0.00211. The molecule has 0 radical (unpaired) electrons. The number of anilines is 1. The minimum Gasteiger partial charge on any atom is -0.333 e. The Morgan fingerprint density at radius 2 is 2.14 bits per heavy atom. The summed E-state index contributed by atoms with van der Waals surface area (Å²) in [5.74, 6) is 0.0888. The van der Waals surface area contributed by atoms with E-state index in [4.69, 9.17) is 0 Å². The van der Waals surface area contributed by atoms with Crippen LogP contribution in [0.4, 0.5) is 5.69 Å². The number of nitrogens with zero attached hydrogens (tertiary/aromatic N) is 1. The summed E-state index contributed by atoms with van der Waals surface area (Å²) >= 11 is 1.47. The summed E-state index contributed by atoms with van der Waals surface area (Å²) < 4.78 is 0. The molecule has 0 saturated carbocycles. The van der Waals surface area contributed by atoms with Crippen LogP contribution in [0.25, 0.3) is 0 Å². The van der Waals surface area contributed by atoms with Crippen molar-refractivity contribution in [2.75, 3.05) is 11.9 Å². The quantitative estimate of drug-likeness (QED) is 0.945. The Kier molecular flexibility index (Phi) is 4.24. The summed E-state index contributed by atoms with van der Waals surface area (Å²) in [6.45, 7) is 3.17. The Morgan fingerprint density at radius 3 is 2.86 bits per heavy atom. The van der Waals surface area contributed by atoms with E-state index in [1.807, 2.05) is 47.5 Å². The van der Waals surface area contributed by atoms with Crippen LogP contribution in [0.5, 0.6) is 0 Å². The van der Waals surface area contributed by atoms with Gasteiger partial charge in [-0.1, -0.05) is 19.1 Å². The number of rotatable bonds is 3. The van der Waals surface area contributed by atoms with Crippen LogP contribution in [0.3, 0.4) is 0 Å². The number of hydrogen-bond acceptors (Lipinski definition) is 3. The molecule has 0 atom stereocenters. The van der Waals surface area contributed by atoms with Gasteiger partial charge in [0.15, 0.2) is 0 Å². The summed E-state index contributed by atoms with van der Waals surface area (Å²) in [6.07, 6.45) is 1.31. The average Bonchev–Trinajstić information content (AvgIpc) is 3.07. The second-order valence-electron chi connectivity index (χ2n) is 5.34. The van der Waals surface area contributed by atoms with Crippen LogP contribution in [0, 0.1) is 0 Å². The van der Waals surface area contributed by atoms with Gasteiger partial charge in [-0.3, -0.25) is 9.59 Å². The highest BCUT2D eigenvalue weighted by molar-refractivity contribution is 7.12. The van der Waals surface area contributed by atoms with E-state index in [2.05, 4.69) is 5.32 Å². The number of thiophene rings is 1. The van der Waals surface area contributed by atoms with Gasteiger partial charge in [-0.05, 0) is 41.1 Å². The van der Waals surface area contributed by atoms with E-state index in [9.17, 15) is 9.59 Å². The molecule has 1 aliphatic rings. The van der Waals surface area contributed by atoms with Gasteiger partial charge >= 0.3 is 0 Å². The first-order valence-electron chi connectivity index (χ1n) is 7.42. The van der Waals surface area contributed by atoms with Crippen LogP contribution in [0.1, 0.15) is 34.1 Å². The van der Waals surface area contributed by atoms with E-state index in [-0.39, 0.29) is 11.8 Å². The lowest BCUT2D eigenvalue weighted by molar-refractivity contribution is -0.115. The topological polar surface area (TPSA) is 49.4 Å². The molecule has 22 heavy (non-hydrogen) atoms. The predicted molar refractivity (Wildman–Crippen MR) is 88.1 cm³/mol. The fraction of sp³-hybridized carbons (Fsp3) is 0.294. The fourth-order valence-electron chi connectivity index (χ4n) is 2.61. The van der Waals surface area contributed by atoms with Crippen molar-refractivity contribution in [3.63, 3.8) is 0 Å².